The number of aryl methyl sites for hydroxylation is 1. The van der Waals surface area contributed by atoms with Crippen LogP contribution in [-0.4, -0.2) is 24.5 Å². The van der Waals surface area contributed by atoms with E-state index < -0.39 is 11.2 Å². The summed E-state index contributed by atoms with van der Waals surface area (Å²) in [5.41, 5.74) is -0.188. The summed E-state index contributed by atoms with van der Waals surface area (Å²) in [6, 6.07) is 0. The van der Waals surface area contributed by atoms with Crippen molar-refractivity contribution in [1.29, 1.82) is 0 Å². The van der Waals surface area contributed by atoms with Crippen molar-refractivity contribution in [1.82, 2.24) is 18.7 Å². The number of Topliss-reactive ketones (excluding diaryl/α,β-unsaturated/α-hetero) is 1. The molecule has 118 valence electrons. The van der Waals surface area contributed by atoms with Crippen LogP contribution < -0.4 is 11.2 Å². The molecule has 0 spiro atoms. The summed E-state index contributed by atoms with van der Waals surface area (Å²) in [5, 5.41) is 0. The van der Waals surface area contributed by atoms with Crippen LogP contribution in [0.3, 0.4) is 0 Å². The Morgan fingerprint density at radius 3 is 2.55 bits per heavy atom. The van der Waals surface area contributed by atoms with E-state index in [1.165, 1.54) is 24.4 Å². The van der Waals surface area contributed by atoms with Gasteiger partial charge in [-0.3, -0.25) is 18.7 Å². The smallest absolute Gasteiger partial charge is 0.317 e. The van der Waals surface area contributed by atoms with Crippen LogP contribution in [0.2, 0.25) is 0 Å². The van der Waals surface area contributed by atoms with E-state index in [1.54, 1.807) is 11.6 Å². The van der Waals surface area contributed by atoms with Gasteiger partial charge < -0.3 is 4.57 Å². The molecule has 0 bridgehead atoms. The van der Waals surface area contributed by atoms with E-state index in [2.05, 4.69) is 4.98 Å². The number of carbonyl (C=O) groups is 1. The molecule has 1 fully saturated rings. The first kappa shape index (κ1) is 14.7. The lowest BCUT2D eigenvalue weighted by Crippen LogP contribution is -2.37. The molecule has 2 aromatic heterocycles. The summed E-state index contributed by atoms with van der Waals surface area (Å²) >= 11 is 0. The number of ketones is 1. The van der Waals surface area contributed by atoms with Gasteiger partial charge >= 0.3 is 5.69 Å². The van der Waals surface area contributed by atoms with Crippen molar-refractivity contribution < 1.29 is 4.79 Å². The van der Waals surface area contributed by atoms with E-state index >= 15 is 0 Å². The third kappa shape index (κ3) is 2.30. The van der Waals surface area contributed by atoms with E-state index in [-0.39, 0.29) is 18.2 Å². The summed E-state index contributed by atoms with van der Waals surface area (Å²) in [4.78, 5) is 40.8. The minimum absolute atomic E-state index is 0.0857. The van der Waals surface area contributed by atoms with Gasteiger partial charge in [0.05, 0.1) is 12.9 Å². The fourth-order valence-electron chi connectivity index (χ4n) is 3.24. The Morgan fingerprint density at radius 2 is 1.86 bits per heavy atom. The number of hydrogen-bond acceptors (Lipinski definition) is 4. The first-order valence-corrected chi connectivity index (χ1v) is 7.64. The van der Waals surface area contributed by atoms with Crippen molar-refractivity contribution in [3.63, 3.8) is 0 Å². The van der Waals surface area contributed by atoms with Crippen molar-refractivity contribution in [2.24, 2.45) is 20.0 Å². The van der Waals surface area contributed by atoms with Crippen LogP contribution >= 0.6 is 0 Å². The molecule has 0 saturated heterocycles. The Morgan fingerprint density at radius 1 is 1.18 bits per heavy atom. The minimum Gasteiger partial charge on any atom is -0.317 e. The summed E-state index contributed by atoms with van der Waals surface area (Å²) in [6.07, 6.45) is 6.73. The molecular formula is C15H20N4O3. The van der Waals surface area contributed by atoms with Crippen LogP contribution in [0.4, 0.5) is 0 Å². The number of aromatic nitrogens is 4. The molecule has 0 N–H and O–H groups in total. The van der Waals surface area contributed by atoms with E-state index in [9.17, 15) is 14.4 Å². The minimum atomic E-state index is -0.415. The van der Waals surface area contributed by atoms with Gasteiger partial charge in [-0.15, -0.1) is 0 Å². The topological polar surface area (TPSA) is 78.9 Å². The van der Waals surface area contributed by atoms with Gasteiger partial charge in [0.25, 0.3) is 5.56 Å². The Labute approximate surface area is 127 Å². The van der Waals surface area contributed by atoms with Crippen molar-refractivity contribution in [2.75, 3.05) is 0 Å². The number of fused-ring (bicyclic) bond motifs is 1. The predicted octanol–water partition coefficient (Wildman–Crippen LogP) is 0.583. The number of imidazole rings is 1. The molecule has 3 rings (SSSR count). The second-order valence-corrected chi connectivity index (χ2v) is 6.05. The van der Waals surface area contributed by atoms with E-state index in [4.69, 9.17) is 0 Å². The summed E-state index contributed by atoms with van der Waals surface area (Å²) in [6.45, 7) is 0.147. The quantitative estimate of drug-likeness (QED) is 0.831. The highest BCUT2D eigenvalue weighted by molar-refractivity contribution is 5.82. The van der Waals surface area contributed by atoms with Gasteiger partial charge in [-0.05, 0) is 12.8 Å². The molecule has 0 amide bonds. The molecule has 0 atom stereocenters. The largest absolute Gasteiger partial charge is 0.332 e. The molecule has 7 nitrogen and oxygen atoms in total. The molecule has 0 radical (unpaired) electrons. The second-order valence-electron chi connectivity index (χ2n) is 6.05. The normalized spacial score (nSPS) is 16.3. The van der Waals surface area contributed by atoms with Crippen LogP contribution in [0.1, 0.15) is 32.1 Å². The average Bonchev–Trinajstić information content (AvgIpc) is 2.95. The lowest BCUT2D eigenvalue weighted by molar-refractivity contribution is -0.124. The first-order chi connectivity index (χ1) is 10.5. The number of rotatable bonds is 3. The Bertz CT molecular complexity index is 837. The van der Waals surface area contributed by atoms with Crippen molar-refractivity contribution >= 4 is 16.9 Å². The van der Waals surface area contributed by atoms with Gasteiger partial charge in [0, 0.05) is 20.0 Å². The average molecular weight is 304 g/mol. The fourth-order valence-corrected chi connectivity index (χ4v) is 3.24. The standard InChI is InChI=1S/C15H20N4O3/c1-17-13-12(14(21)18(2)15(17)22)19(9-16-13)8-11(20)10-6-4-3-5-7-10/h9-10H,3-8H2,1-2H3. The maximum atomic E-state index is 12.4. The fraction of sp³-hybridized carbons (Fsp3) is 0.600. The third-order valence-corrected chi connectivity index (χ3v) is 4.60. The number of hydrogen-bond donors (Lipinski definition) is 0. The second kappa shape index (κ2) is 5.55. The van der Waals surface area contributed by atoms with E-state index in [1.807, 2.05) is 0 Å². The first-order valence-electron chi connectivity index (χ1n) is 7.64. The van der Waals surface area contributed by atoms with Crippen molar-refractivity contribution in [3.8, 4) is 0 Å². The van der Waals surface area contributed by atoms with Gasteiger partial charge in [-0.2, -0.15) is 0 Å². The molecule has 2 heterocycles. The van der Waals surface area contributed by atoms with Crippen LogP contribution in [0.25, 0.3) is 11.2 Å². The SMILES string of the molecule is Cn1c(=O)c2c(ncn2CC(=O)C2CCCCC2)n(C)c1=O. The highest BCUT2D eigenvalue weighted by Gasteiger charge is 2.23. The summed E-state index contributed by atoms with van der Waals surface area (Å²) < 4.78 is 3.96. The van der Waals surface area contributed by atoms with Gasteiger partial charge in [0.15, 0.2) is 16.9 Å². The highest BCUT2D eigenvalue weighted by Crippen LogP contribution is 2.25. The maximum Gasteiger partial charge on any atom is 0.332 e. The lowest BCUT2D eigenvalue weighted by atomic mass is 9.86. The molecule has 0 aromatic carbocycles. The van der Waals surface area contributed by atoms with E-state index in [0.717, 1.165) is 30.3 Å². The summed E-state index contributed by atoms with van der Waals surface area (Å²) in [7, 11) is 3.01. The third-order valence-electron chi connectivity index (χ3n) is 4.60. The number of carbonyl (C=O) groups excluding carboxylic acids is 1. The molecule has 1 saturated carbocycles. The van der Waals surface area contributed by atoms with E-state index in [0.29, 0.717) is 11.2 Å². The number of nitrogens with zero attached hydrogens (tertiary/aromatic N) is 4. The van der Waals surface area contributed by atoms with Crippen molar-refractivity contribution in [3.05, 3.63) is 27.2 Å². The zero-order valence-corrected chi connectivity index (χ0v) is 12.9. The highest BCUT2D eigenvalue weighted by atomic mass is 16.2. The molecule has 1 aliphatic carbocycles. The van der Waals surface area contributed by atoms with Crippen LogP contribution in [0.15, 0.2) is 15.9 Å². The maximum absolute atomic E-state index is 12.4. The molecule has 7 heteroatoms. The van der Waals surface area contributed by atoms with Gasteiger partial charge in [-0.25, -0.2) is 9.78 Å². The molecule has 0 aliphatic heterocycles. The molecular weight excluding hydrogens is 284 g/mol. The van der Waals surface area contributed by atoms with Crippen LogP contribution in [0.5, 0.6) is 0 Å². The van der Waals surface area contributed by atoms with Gasteiger partial charge in [0.1, 0.15) is 0 Å². The van der Waals surface area contributed by atoms with Crippen LogP contribution in [0, 0.1) is 5.92 Å². The Balaban J connectivity index is 2.00. The zero-order valence-electron chi connectivity index (χ0n) is 12.9. The van der Waals surface area contributed by atoms with Crippen molar-refractivity contribution in [2.45, 2.75) is 38.6 Å². The lowest BCUT2D eigenvalue weighted by Gasteiger charge is -2.20. The molecule has 22 heavy (non-hydrogen) atoms. The predicted molar refractivity (Wildman–Crippen MR) is 81.8 cm³/mol. The van der Waals surface area contributed by atoms with Crippen LogP contribution in [-0.2, 0) is 25.4 Å². The monoisotopic (exact) mass is 304 g/mol. The Kier molecular flexibility index (Phi) is 3.72. The summed E-state index contributed by atoms with van der Waals surface area (Å²) in [5.74, 6) is 0.234. The molecule has 1 aliphatic rings. The molecule has 2 aromatic rings. The molecule has 0 unspecified atom stereocenters. The Hall–Kier alpha value is -2.18. The van der Waals surface area contributed by atoms with Gasteiger partial charge in [-0.1, -0.05) is 19.3 Å². The zero-order chi connectivity index (χ0) is 15.9. The van der Waals surface area contributed by atoms with Gasteiger partial charge in [0.2, 0.25) is 0 Å².